The number of unbranched alkanes of at least 4 members (excludes halogenated alkanes) is 5. The van der Waals surface area contributed by atoms with Crippen molar-refractivity contribution in [1.29, 1.82) is 0 Å². The SMILES string of the molecule is CCCCCCCCc1ccc(-c2ccc(OC[C@@H](F)[C@@H](C)F)cn2)cc1. The zero-order valence-electron chi connectivity index (χ0n) is 16.5. The number of hydrogen-bond acceptors (Lipinski definition) is 2. The predicted molar refractivity (Wildman–Crippen MR) is 108 cm³/mol. The van der Waals surface area contributed by atoms with E-state index in [4.69, 9.17) is 4.74 Å². The third kappa shape index (κ3) is 7.66. The van der Waals surface area contributed by atoms with Gasteiger partial charge in [-0.3, -0.25) is 4.98 Å². The van der Waals surface area contributed by atoms with Crippen molar-refractivity contribution in [2.45, 2.75) is 71.1 Å². The Kier molecular flexibility index (Phi) is 9.23. The van der Waals surface area contributed by atoms with Gasteiger partial charge >= 0.3 is 0 Å². The van der Waals surface area contributed by atoms with Crippen LogP contribution in [-0.4, -0.2) is 23.9 Å². The molecular formula is C23H31F2NO. The molecule has 4 heteroatoms. The first-order valence-electron chi connectivity index (χ1n) is 10.1. The van der Waals surface area contributed by atoms with Gasteiger partial charge in [0.25, 0.3) is 0 Å². The van der Waals surface area contributed by atoms with E-state index < -0.39 is 12.3 Å². The van der Waals surface area contributed by atoms with Crippen LogP contribution >= 0.6 is 0 Å². The maximum absolute atomic E-state index is 13.2. The average molecular weight is 376 g/mol. The van der Waals surface area contributed by atoms with Crippen LogP contribution in [0.1, 0.15) is 57.9 Å². The van der Waals surface area contributed by atoms with Gasteiger partial charge in [-0.2, -0.15) is 0 Å². The van der Waals surface area contributed by atoms with Gasteiger partial charge in [0, 0.05) is 5.56 Å². The molecule has 0 aliphatic carbocycles. The van der Waals surface area contributed by atoms with Gasteiger partial charge < -0.3 is 4.74 Å². The van der Waals surface area contributed by atoms with Crippen molar-refractivity contribution in [3.63, 3.8) is 0 Å². The monoisotopic (exact) mass is 375 g/mol. The fraction of sp³-hybridized carbons (Fsp3) is 0.522. The molecule has 2 atom stereocenters. The summed E-state index contributed by atoms with van der Waals surface area (Å²) in [7, 11) is 0. The van der Waals surface area contributed by atoms with Crippen LogP contribution in [0.25, 0.3) is 11.3 Å². The van der Waals surface area contributed by atoms with Crippen LogP contribution in [0.5, 0.6) is 5.75 Å². The van der Waals surface area contributed by atoms with Crippen LogP contribution in [0.2, 0.25) is 0 Å². The predicted octanol–water partition coefficient (Wildman–Crippen LogP) is 6.73. The van der Waals surface area contributed by atoms with Crippen LogP contribution in [0.3, 0.4) is 0 Å². The molecule has 1 aromatic heterocycles. The van der Waals surface area contributed by atoms with E-state index in [1.54, 1.807) is 12.3 Å². The number of pyridine rings is 1. The number of nitrogens with zero attached hydrogens (tertiary/aromatic N) is 1. The summed E-state index contributed by atoms with van der Waals surface area (Å²) < 4.78 is 31.3. The zero-order valence-corrected chi connectivity index (χ0v) is 16.5. The fourth-order valence-electron chi connectivity index (χ4n) is 2.90. The molecule has 0 aliphatic heterocycles. The number of benzene rings is 1. The minimum atomic E-state index is -1.62. The highest BCUT2D eigenvalue weighted by Gasteiger charge is 2.15. The lowest BCUT2D eigenvalue weighted by atomic mass is 10.0. The van der Waals surface area contributed by atoms with Gasteiger partial charge in [0.1, 0.15) is 18.5 Å². The number of aromatic nitrogens is 1. The van der Waals surface area contributed by atoms with Gasteiger partial charge in [0.05, 0.1) is 11.9 Å². The minimum Gasteiger partial charge on any atom is -0.489 e. The molecule has 2 rings (SSSR count). The number of halogens is 2. The molecule has 0 saturated carbocycles. The number of hydrogen-bond donors (Lipinski definition) is 0. The van der Waals surface area contributed by atoms with Gasteiger partial charge in [-0.25, -0.2) is 8.78 Å². The molecule has 148 valence electrons. The van der Waals surface area contributed by atoms with Gasteiger partial charge in [-0.05, 0) is 37.5 Å². The number of rotatable bonds is 12. The topological polar surface area (TPSA) is 22.1 Å². The highest BCUT2D eigenvalue weighted by Crippen LogP contribution is 2.21. The van der Waals surface area contributed by atoms with E-state index in [2.05, 4.69) is 36.2 Å². The fourth-order valence-corrected chi connectivity index (χ4v) is 2.90. The van der Waals surface area contributed by atoms with E-state index in [9.17, 15) is 8.78 Å². The Morgan fingerprint density at radius 3 is 2.26 bits per heavy atom. The van der Waals surface area contributed by atoms with Crippen molar-refractivity contribution in [2.75, 3.05) is 6.61 Å². The largest absolute Gasteiger partial charge is 0.489 e. The molecule has 2 nitrogen and oxygen atoms in total. The van der Waals surface area contributed by atoms with Crippen molar-refractivity contribution in [3.05, 3.63) is 48.2 Å². The molecule has 0 unspecified atom stereocenters. The lowest BCUT2D eigenvalue weighted by Crippen LogP contribution is -2.21. The second kappa shape index (κ2) is 11.7. The molecule has 27 heavy (non-hydrogen) atoms. The van der Waals surface area contributed by atoms with Gasteiger partial charge in [-0.1, -0.05) is 63.3 Å². The number of aryl methyl sites for hydroxylation is 1. The molecule has 0 amide bonds. The first-order valence-corrected chi connectivity index (χ1v) is 10.1. The van der Waals surface area contributed by atoms with E-state index in [0.717, 1.165) is 17.7 Å². The standard InChI is InChI=1S/C23H31F2NO/c1-3-4-5-6-7-8-9-19-10-12-20(13-11-19)23-15-14-21(16-26-23)27-17-22(25)18(2)24/h10-16,18,22H,3-9,17H2,1-2H3/t18-,22-/m1/s1. The highest BCUT2D eigenvalue weighted by molar-refractivity contribution is 5.59. The molecule has 0 N–H and O–H groups in total. The third-order valence-corrected chi connectivity index (χ3v) is 4.71. The molecule has 0 bridgehead atoms. The number of ether oxygens (including phenoxy) is 1. The summed E-state index contributed by atoms with van der Waals surface area (Å²) >= 11 is 0. The number of alkyl halides is 2. The van der Waals surface area contributed by atoms with E-state index in [-0.39, 0.29) is 6.61 Å². The van der Waals surface area contributed by atoms with E-state index >= 15 is 0 Å². The molecule has 0 spiro atoms. The Morgan fingerprint density at radius 2 is 1.63 bits per heavy atom. The summed E-state index contributed by atoms with van der Waals surface area (Å²) in [5, 5.41) is 0. The molecular weight excluding hydrogens is 344 g/mol. The Bertz CT molecular complexity index is 640. The Morgan fingerprint density at radius 1 is 0.926 bits per heavy atom. The summed E-state index contributed by atoms with van der Waals surface area (Å²) in [5.74, 6) is 0.446. The van der Waals surface area contributed by atoms with Crippen molar-refractivity contribution < 1.29 is 13.5 Å². The quantitative estimate of drug-likeness (QED) is 0.384. The second-order valence-corrected chi connectivity index (χ2v) is 7.10. The molecule has 0 aliphatic rings. The summed E-state index contributed by atoms with van der Waals surface area (Å²) in [6, 6.07) is 12.1. The van der Waals surface area contributed by atoms with E-state index in [1.165, 1.54) is 51.0 Å². The molecule has 1 aromatic carbocycles. The molecule has 0 saturated heterocycles. The Hall–Kier alpha value is -1.97. The van der Waals surface area contributed by atoms with Crippen molar-refractivity contribution in [2.24, 2.45) is 0 Å². The van der Waals surface area contributed by atoms with Gasteiger partial charge in [-0.15, -0.1) is 0 Å². The zero-order chi connectivity index (χ0) is 19.5. The van der Waals surface area contributed by atoms with Gasteiger partial charge in [0.15, 0.2) is 6.17 Å². The van der Waals surface area contributed by atoms with Crippen LogP contribution < -0.4 is 4.74 Å². The highest BCUT2D eigenvalue weighted by atomic mass is 19.2. The first-order chi connectivity index (χ1) is 13.1. The third-order valence-electron chi connectivity index (χ3n) is 4.71. The molecule has 1 heterocycles. The lowest BCUT2D eigenvalue weighted by molar-refractivity contribution is 0.119. The first kappa shape index (κ1) is 21.3. The van der Waals surface area contributed by atoms with Crippen molar-refractivity contribution in [1.82, 2.24) is 4.98 Å². The summed E-state index contributed by atoms with van der Waals surface area (Å²) in [5.41, 5.74) is 3.22. The Labute approximate surface area is 162 Å². The van der Waals surface area contributed by atoms with Crippen LogP contribution in [-0.2, 0) is 6.42 Å². The molecule has 0 radical (unpaired) electrons. The van der Waals surface area contributed by atoms with Crippen LogP contribution in [0, 0.1) is 0 Å². The summed E-state index contributed by atoms with van der Waals surface area (Å²) in [6.07, 6.45) is 7.35. The maximum atomic E-state index is 13.2. The van der Waals surface area contributed by atoms with Crippen molar-refractivity contribution >= 4 is 0 Å². The Balaban J connectivity index is 1.80. The minimum absolute atomic E-state index is 0.300. The normalized spacial score (nSPS) is 13.3. The van der Waals surface area contributed by atoms with E-state index in [0.29, 0.717) is 5.75 Å². The maximum Gasteiger partial charge on any atom is 0.165 e. The molecule has 2 aromatic rings. The smallest absolute Gasteiger partial charge is 0.165 e. The van der Waals surface area contributed by atoms with Crippen molar-refractivity contribution in [3.8, 4) is 17.0 Å². The lowest BCUT2D eigenvalue weighted by Gasteiger charge is -2.11. The molecule has 0 fully saturated rings. The second-order valence-electron chi connectivity index (χ2n) is 7.10. The van der Waals surface area contributed by atoms with Crippen LogP contribution in [0.15, 0.2) is 42.6 Å². The average Bonchev–Trinajstić information content (AvgIpc) is 2.69. The van der Waals surface area contributed by atoms with Gasteiger partial charge in [0.2, 0.25) is 0 Å². The summed E-state index contributed by atoms with van der Waals surface area (Å²) in [6.45, 7) is 3.13. The summed E-state index contributed by atoms with van der Waals surface area (Å²) in [4.78, 5) is 4.36. The van der Waals surface area contributed by atoms with E-state index in [1.807, 2.05) is 6.07 Å². The van der Waals surface area contributed by atoms with Crippen LogP contribution in [0.4, 0.5) is 8.78 Å².